The van der Waals surface area contributed by atoms with Gasteiger partial charge in [-0.15, -0.1) is 0 Å². The van der Waals surface area contributed by atoms with Crippen LogP contribution < -0.4 is 10.1 Å². The molecule has 2 N–H and O–H groups in total. The van der Waals surface area contributed by atoms with E-state index in [2.05, 4.69) is 5.32 Å². The number of carbonyl (C=O) groups excluding carboxylic acids is 1. The second-order valence-electron chi connectivity index (χ2n) is 3.60. The van der Waals surface area contributed by atoms with Crippen molar-refractivity contribution in [2.75, 3.05) is 13.7 Å². The van der Waals surface area contributed by atoms with E-state index in [0.717, 1.165) is 0 Å². The number of amides is 1. The van der Waals surface area contributed by atoms with Crippen LogP contribution in [0.4, 0.5) is 0 Å². The molecule has 1 rings (SSSR count). The number of ether oxygens (including phenoxy) is 1. The molecular weight excluding hydrogens is 258 g/mol. The van der Waals surface area contributed by atoms with Gasteiger partial charge >= 0.3 is 5.97 Å². The molecule has 0 unspecified atom stereocenters. The summed E-state index contributed by atoms with van der Waals surface area (Å²) in [7, 11) is 1.51. The van der Waals surface area contributed by atoms with E-state index in [1.807, 2.05) is 0 Å². The molecule has 0 heterocycles. The first-order chi connectivity index (χ1) is 8.54. The largest absolute Gasteiger partial charge is 0.497 e. The molecular formula is C12H14ClNO4. The Labute approximate surface area is 110 Å². The molecule has 0 aliphatic carbocycles. The van der Waals surface area contributed by atoms with Crippen molar-refractivity contribution >= 4 is 23.5 Å². The number of hydrogen-bond donors (Lipinski definition) is 2. The van der Waals surface area contributed by atoms with Crippen molar-refractivity contribution in [3.63, 3.8) is 0 Å². The highest BCUT2D eigenvalue weighted by atomic mass is 35.5. The summed E-state index contributed by atoms with van der Waals surface area (Å²) in [6.45, 7) is 0.299. The van der Waals surface area contributed by atoms with Crippen LogP contribution in [0.2, 0.25) is 5.02 Å². The molecule has 0 radical (unpaired) electrons. The van der Waals surface area contributed by atoms with Crippen molar-refractivity contribution in [3.05, 3.63) is 28.8 Å². The summed E-state index contributed by atoms with van der Waals surface area (Å²) < 4.78 is 4.97. The zero-order chi connectivity index (χ0) is 13.5. The molecule has 1 aromatic rings. The average molecular weight is 272 g/mol. The van der Waals surface area contributed by atoms with E-state index in [9.17, 15) is 9.59 Å². The minimum absolute atomic E-state index is 0.0244. The van der Waals surface area contributed by atoms with Gasteiger partial charge in [-0.1, -0.05) is 11.6 Å². The normalized spacial score (nSPS) is 9.89. The third kappa shape index (κ3) is 4.25. The molecule has 1 amide bonds. The first-order valence-electron chi connectivity index (χ1n) is 5.38. The first kappa shape index (κ1) is 14.3. The van der Waals surface area contributed by atoms with Crippen LogP contribution in [0.5, 0.6) is 5.75 Å². The van der Waals surface area contributed by atoms with Crippen LogP contribution in [0, 0.1) is 0 Å². The number of rotatable bonds is 6. The number of carboxylic acid groups (broad SMARTS) is 1. The fourth-order valence-corrected chi connectivity index (χ4v) is 1.60. The molecule has 0 saturated carbocycles. The minimum Gasteiger partial charge on any atom is -0.497 e. The number of methoxy groups -OCH3 is 1. The summed E-state index contributed by atoms with van der Waals surface area (Å²) in [4.78, 5) is 22.0. The van der Waals surface area contributed by atoms with Gasteiger partial charge in [-0.25, -0.2) is 0 Å². The molecule has 98 valence electrons. The SMILES string of the molecule is COc1ccc(C(=O)NCCCC(=O)O)c(Cl)c1. The van der Waals surface area contributed by atoms with E-state index in [1.54, 1.807) is 18.2 Å². The monoisotopic (exact) mass is 271 g/mol. The summed E-state index contributed by atoms with van der Waals surface area (Å²) in [6.07, 6.45) is 0.408. The minimum atomic E-state index is -0.883. The predicted molar refractivity (Wildman–Crippen MR) is 67.2 cm³/mol. The number of halogens is 1. The highest BCUT2D eigenvalue weighted by Gasteiger charge is 2.10. The van der Waals surface area contributed by atoms with Crippen molar-refractivity contribution in [3.8, 4) is 5.75 Å². The molecule has 18 heavy (non-hydrogen) atoms. The van der Waals surface area contributed by atoms with Crippen LogP contribution in [0.3, 0.4) is 0 Å². The van der Waals surface area contributed by atoms with Crippen LogP contribution in [0.25, 0.3) is 0 Å². The van der Waals surface area contributed by atoms with E-state index in [-0.39, 0.29) is 12.3 Å². The van der Waals surface area contributed by atoms with E-state index in [4.69, 9.17) is 21.4 Å². The van der Waals surface area contributed by atoms with E-state index in [0.29, 0.717) is 29.3 Å². The Hall–Kier alpha value is -1.75. The molecule has 6 heteroatoms. The van der Waals surface area contributed by atoms with E-state index >= 15 is 0 Å². The third-order valence-corrected chi connectivity index (χ3v) is 2.59. The number of nitrogens with one attached hydrogen (secondary N) is 1. The maximum absolute atomic E-state index is 11.7. The Morgan fingerprint density at radius 3 is 2.72 bits per heavy atom. The first-order valence-corrected chi connectivity index (χ1v) is 5.76. The van der Waals surface area contributed by atoms with Gasteiger partial charge < -0.3 is 15.2 Å². The fraction of sp³-hybridized carbons (Fsp3) is 0.333. The smallest absolute Gasteiger partial charge is 0.303 e. The molecule has 5 nitrogen and oxygen atoms in total. The number of carboxylic acids is 1. The van der Waals surface area contributed by atoms with E-state index in [1.165, 1.54) is 7.11 Å². The highest BCUT2D eigenvalue weighted by molar-refractivity contribution is 6.34. The van der Waals surface area contributed by atoms with Gasteiger partial charge in [0.1, 0.15) is 5.75 Å². The Bertz CT molecular complexity index is 448. The van der Waals surface area contributed by atoms with Crippen LogP contribution >= 0.6 is 11.6 Å². The number of carbonyl (C=O) groups is 2. The number of hydrogen-bond acceptors (Lipinski definition) is 3. The van der Waals surface area contributed by atoms with Crippen LogP contribution in [0.15, 0.2) is 18.2 Å². The average Bonchev–Trinajstić information content (AvgIpc) is 2.33. The summed E-state index contributed by atoms with van der Waals surface area (Å²) in [6, 6.07) is 4.75. The molecule has 0 atom stereocenters. The van der Waals surface area contributed by atoms with Crippen molar-refractivity contribution < 1.29 is 19.4 Å². The molecule has 0 spiro atoms. The van der Waals surface area contributed by atoms with Gasteiger partial charge in [-0.2, -0.15) is 0 Å². The van der Waals surface area contributed by atoms with Gasteiger partial charge in [0, 0.05) is 13.0 Å². The van der Waals surface area contributed by atoms with Crippen molar-refractivity contribution in [2.24, 2.45) is 0 Å². The Balaban J connectivity index is 2.54. The summed E-state index contributed by atoms with van der Waals surface area (Å²) >= 11 is 5.93. The Kier molecular flexibility index (Phi) is 5.45. The van der Waals surface area contributed by atoms with Crippen molar-refractivity contribution in [2.45, 2.75) is 12.8 Å². The lowest BCUT2D eigenvalue weighted by molar-refractivity contribution is -0.137. The predicted octanol–water partition coefficient (Wildman–Crippen LogP) is 1.94. The summed E-state index contributed by atoms with van der Waals surface area (Å²) in [5, 5.41) is 11.4. The van der Waals surface area contributed by atoms with Crippen molar-refractivity contribution in [1.82, 2.24) is 5.32 Å². The van der Waals surface area contributed by atoms with Gasteiger partial charge in [-0.05, 0) is 24.6 Å². The maximum Gasteiger partial charge on any atom is 0.303 e. The fourth-order valence-electron chi connectivity index (χ4n) is 1.34. The molecule has 0 aliphatic rings. The van der Waals surface area contributed by atoms with Crippen LogP contribution in [-0.4, -0.2) is 30.6 Å². The zero-order valence-corrected chi connectivity index (χ0v) is 10.7. The van der Waals surface area contributed by atoms with Crippen molar-refractivity contribution in [1.29, 1.82) is 0 Å². The lowest BCUT2D eigenvalue weighted by atomic mass is 10.2. The van der Waals surface area contributed by atoms with Gasteiger partial charge in [0.15, 0.2) is 0 Å². The third-order valence-electron chi connectivity index (χ3n) is 2.27. The molecule has 0 saturated heterocycles. The maximum atomic E-state index is 11.7. The molecule has 0 aliphatic heterocycles. The second-order valence-corrected chi connectivity index (χ2v) is 4.01. The number of benzene rings is 1. The van der Waals surface area contributed by atoms with Gasteiger partial charge in [-0.3, -0.25) is 9.59 Å². The molecule has 0 bridgehead atoms. The van der Waals surface area contributed by atoms with Gasteiger partial charge in [0.2, 0.25) is 0 Å². The zero-order valence-electron chi connectivity index (χ0n) is 9.90. The molecule has 0 aromatic heterocycles. The second kappa shape index (κ2) is 6.86. The standard InChI is InChI=1S/C12H14ClNO4/c1-18-8-4-5-9(10(13)7-8)12(17)14-6-2-3-11(15)16/h4-5,7H,2-3,6H2,1H3,(H,14,17)(H,15,16). The quantitative estimate of drug-likeness (QED) is 0.776. The lowest BCUT2D eigenvalue weighted by Crippen LogP contribution is -2.25. The topological polar surface area (TPSA) is 75.6 Å². The van der Waals surface area contributed by atoms with Crippen LogP contribution in [0.1, 0.15) is 23.2 Å². The molecule has 0 fully saturated rings. The van der Waals surface area contributed by atoms with E-state index < -0.39 is 5.97 Å². The number of aliphatic carboxylic acids is 1. The lowest BCUT2D eigenvalue weighted by Gasteiger charge is -2.07. The summed E-state index contributed by atoms with van der Waals surface area (Å²) in [5.74, 6) is -0.637. The Morgan fingerprint density at radius 1 is 1.44 bits per heavy atom. The van der Waals surface area contributed by atoms with Gasteiger partial charge in [0.05, 0.1) is 17.7 Å². The Morgan fingerprint density at radius 2 is 2.17 bits per heavy atom. The summed E-state index contributed by atoms with van der Waals surface area (Å²) in [5.41, 5.74) is 0.341. The molecule has 1 aromatic carbocycles. The van der Waals surface area contributed by atoms with Gasteiger partial charge in [0.25, 0.3) is 5.91 Å². The highest BCUT2D eigenvalue weighted by Crippen LogP contribution is 2.22. The van der Waals surface area contributed by atoms with Crippen LogP contribution in [-0.2, 0) is 4.79 Å².